The predicted molar refractivity (Wildman–Crippen MR) is 44.6 cm³/mol. The molecule has 0 aliphatic rings. The maximum absolute atomic E-state index is 12.9. The van der Waals surface area contributed by atoms with Gasteiger partial charge in [0, 0.05) is 5.92 Å². The summed E-state index contributed by atoms with van der Waals surface area (Å²) in [6.07, 6.45) is -6.34. The average molecular weight is 394 g/mol. The maximum Gasteiger partial charge on any atom is 0.390 e. The van der Waals surface area contributed by atoms with Crippen LogP contribution in [-0.4, -0.2) is 42.0 Å². The van der Waals surface area contributed by atoms with Gasteiger partial charge < -0.3 is 0 Å². The molecule has 0 N–H and O–H groups in total. The molecule has 0 saturated carbocycles. The van der Waals surface area contributed by atoms with E-state index < -0.39 is 54.1 Å². The van der Waals surface area contributed by atoms with Crippen molar-refractivity contribution in [2.24, 2.45) is 0 Å². The van der Waals surface area contributed by atoms with Crippen LogP contribution >= 0.6 is 0 Å². The second kappa shape index (κ2) is 5.80. The quantitative estimate of drug-likeness (QED) is 0.440. The molecule has 15 heteroatoms. The molecular formula is C9HF15. The number of alkyl halides is 14. The average Bonchev–Trinajstić information content (AvgIpc) is 2.37. The van der Waals surface area contributed by atoms with E-state index >= 15 is 0 Å². The molecule has 0 aromatic rings. The van der Waals surface area contributed by atoms with E-state index in [-0.39, 0.29) is 0 Å². The monoisotopic (exact) mass is 394 g/mol. The Morgan fingerprint density at radius 3 is 1.17 bits per heavy atom. The van der Waals surface area contributed by atoms with Crippen LogP contribution in [-0.2, 0) is 0 Å². The van der Waals surface area contributed by atoms with Crippen LogP contribution in [0, 0.1) is 12.1 Å². The summed E-state index contributed by atoms with van der Waals surface area (Å²) in [4.78, 5) is 0. The Hall–Kier alpha value is -1.49. The summed E-state index contributed by atoms with van der Waals surface area (Å²) < 4.78 is 187. The minimum Gasteiger partial charge on any atom is -0.203 e. The fourth-order valence-corrected chi connectivity index (χ4v) is 1.08. The minimum absolute atomic E-state index is 0.589. The summed E-state index contributed by atoms with van der Waals surface area (Å²) in [5, 5.41) is 0. The molecule has 0 heterocycles. The van der Waals surface area contributed by atoms with Crippen LogP contribution in [0.4, 0.5) is 65.9 Å². The number of halogens is 15. The van der Waals surface area contributed by atoms with Gasteiger partial charge in [0.1, 0.15) is 6.17 Å². The van der Waals surface area contributed by atoms with E-state index in [0.29, 0.717) is 0 Å². The normalized spacial score (nSPS) is 15.3. The highest BCUT2D eigenvalue weighted by Crippen LogP contribution is 2.60. The molecule has 0 saturated heterocycles. The largest absolute Gasteiger partial charge is 0.390 e. The Kier molecular flexibility index (Phi) is 5.44. The number of hydrogen-bond donors (Lipinski definition) is 0. The van der Waals surface area contributed by atoms with E-state index in [1.165, 1.54) is 0 Å². The Bertz CT molecular complexity index is 519. The molecule has 0 nitrogen and oxygen atoms in total. The van der Waals surface area contributed by atoms with E-state index in [4.69, 9.17) is 0 Å². The van der Waals surface area contributed by atoms with Crippen LogP contribution in [0.25, 0.3) is 0 Å². The zero-order valence-electron chi connectivity index (χ0n) is 10.2. The molecule has 0 spiro atoms. The topological polar surface area (TPSA) is 0 Å². The molecule has 0 aliphatic heterocycles. The lowest BCUT2D eigenvalue weighted by atomic mass is 9.91. The van der Waals surface area contributed by atoms with E-state index in [2.05, 4.69) is 0 Å². The van der Waals surface area contributed by atoms with Crippen molar-refractivity contribution in [3.63, 3.8) is 0 Å². The van der Waals surface area contributed by atoms with Crippen molar-refractivity contribution < 1.29 is 65.9 Å². The number of rotatable bonds is 6. The van der Waals surface area contributed by atoms with Gasteiger partial charge in [0.2, 0.25) is 0 Å². The summed E-state index contributed by atoms with van der Waals surface area (Å²) in [5.74, 6) is -46.4. The molecule has 0 aliphatic carbocycles. The third kappa shape index (κ3) is 2.73. The lowest BCUT2D eigenvalue weighted by Crippen LogP contribution is -2.71. The van der Waals surface area contributed by atoms with Gasteiger partial charge in [-0.2, -0.15) is 52.7 Å². The zero-order valence-corrected chi connectivity index (χ0v) is 10.2. The summed E-state index contributed by atoms with van der Waals surface area (Å²) in [6.45, 7) is 0. The molecule has 0 atom stereocenters. The molecule has 0 rings (SSSR count). The van der Waals surface area contributed by atoms with Gasteiger partial charge in [-0.3, -0.25) is 0 Å². The lowest BCUT2D eigenvalue weighted by molar-refractivity contribution is -0.427. The van der Waals surface area contributed by atoms with Crippen LogP contribution in [0.2, 0.25) is 0 Å². The van der Waals surface area contributed by atoms with Crippen molar-refractivity contribution in [2.45, 2.75) is 42.0 Å². The fourth-order valence-electron chi connectivity index (χ4n) is 1.08. The maximum atomic E-state index is 12.9. The van der Waals surface area contributed by atoms with Gasteiger partial charge in [0.15, 0.2) is 0 Å². The van der Waals surface area contributed by atoms with Crippen LogP contribution in [0.5, 0.6) is 0 Å². The molecule has 0 bridgehead atoms. The highest BCUT2D eigenvalue weighted by molar-refractivity contribution is 5.19. The van der Waals surface area contributed by atoms with Gasteiger partial charge in [-0.1, -0.05) is 0 Å². The molecule has 0 unspecified atom stereocenters. The molecule has 0 aromatic heterocycles. The predicted octanol–water partition coefficient (Wildman–Crippen LogP) is 4.99. The summed E-state index contributed by atoms with van der Waals surface area (Å²) in [7, 11) is 0. The highest BCUT2D eigenvalue weighted by atomic mass is 19.4. The first-order chi connectivity index (χ1) is 10.3. The molecule has 24 heavy (non-hydrogen) atoms. The highest BCUT2D eigenvalue weighted by Gasteiger charge is 2.91. The molecule has 0 radical (unpaired) electrons. The Morgan fingerprint density at radius 1 is 0.542 bits per heavy atom. The number of hydrogen-bond acceptors (Lipinski definition) is 0. The van der Waals surface area contributed by atoms with E-state index in [9.17, 15) is 65.9 Å². The van der Waals surface area contributed by atoms with Crippen molar-refractivity contribution in [3.8, 4) is 12.1 Å². The van der Waals surface area contributed by atoms with Crippen molar-refractivity contribution in [3.05, 3.63) is 0 Å². The van der Waals surface area contributed by atoms with Gasteiger partial charge in [-0.05, 0) is 0 Å². The van der Waals surface area contributed by atoms with Gasteiger partial charge in [-0.15, -0.1) is 4.39 Å². The Labute approximate surface area is 121 Å². The van der Waals surface area contributed by atoms with E-state index in [1.54, 1.807) is 0 Å². The SMILES string of the molecule is FC#CC(F)(F)C(F)(F)C(F)(F)C(F)(F)C(F)(F)C(F)(F)C(F)F. The summed E-state index contributed by atoms with van der Waals surface area (Å²) >= 11 is 0. The Balaban J connectivity index is 6.41. The van der Waals surface area contributed by atoms with Crippen LogP contribution in [0.3, 0.4) is 0 Å². The van der Waals surface area contributed by atoms with Crippen molar-refractivity contribution >= 4 is 0 Å². The summed E-state index contributed by atoms with van der Waals surface area (Å²) in [5.41, 5.74) is 0. The van der Waals surface area contributed by atoms with Crippen molar-refractivity contribution in [1.82, 2.24) is 0 Å². The third-order valence-corrected chi connectivity index (χ3v) is 2.47. The minimum atomic E-state index is -8.12. The molecule has 0 fully saturated rings. The van der Waals surface area contributed by atoms with Crippen molar-refractivity contribution in [2.75, 3.05) is 0 Å². The third-order valence-electron chi connectivity index (χ3n) is 2.47. The second-order valence-corrected chi connectivity index (χ2v) is 4.02. The van der Waals surface area contributed by atoms with Gasteiger partial charge in [0.25, 0.3) is 0 Å². The van der Waals surface area contributed by atoms with E-state index in [0.717, 1.165) is 0 Å². The zero-order chi connectivity index (χ0) is 20.0. The standard InChI is InChI=1S/C9HF15/c10-2-1-4(13,14)6(17,18)8(21,22)9(23,24)7(19,20)5(15,16)3(11)12/h3H. The lowest BCUT2D eigenvalue weighted by Gasteiger charge is -2.40. The Morgan fingerprint density at radius 2 is 0.875 bits per heavy atom. The molecule has 142 valence electrons. The molecular weight excluding hydrogens is 393 g/mol. The molecule has 0 amide bonds. The second-order valence-electron chi connectivity index (χ2n) is 4.02. The first kappa shape index (κ1) is 22.5. The van der Waals surface area contributed by atoms with Gasteiger partial charge >= 0.3 is 42.0 Å². The summed E-state index contributed by atoms with van der Waals surface area (Å²) in [6, 6.07) is 0. The van der Waals surface area contributed by atoms with Gasteiger partial charge in [-0.25, -0.2) is 8.78 Å². The molecule has 0 aromatic carbocycles. The fraction of sp³-hybridized carbons (Fsp3) is 0.778. The smallest absolute Gasteiger partial charge is 0.203 e. The van der Waals surface area contributed by atoms with Crippen LogP contribution in [0.15, 0.2) is 0 Å². The van der Waals surface area contributed by atoms with E-state index in [1.807, 2.05) is 0 Å². The van der Waals surface area contributed by atoms with Crippen LogP contribution < -0.4 is 0 Å². The first-order valence-corrected chi connectivity index (χ1v) is 4.93. The first-order valence-electron chi connectivity index (χ1n) is 4.93. The van der Waals surface area contributed by atoms with Gasteiger partial charge in [0.05, 0.1) is 0 Å². The van der Waals surface area contributed by atoms with Crippen LogP contribution in [0.1, 0.15) is 0 Å². The van der Waals surface area contributed by atoms with Crippen molar-refractivity contribution in [1.29, 1.82) is 0 Å².